The smallest absolute Gasteiger partial charge is 0.238 e. The maximum Gasteiger partial charge on any atom is 0.238 e. The number of carbonyl (C=O) groups excluding carboxylic acids is 1. The third-order valence-electron chi connectivity index (χ3n) is 2.85. The van der Waals surface area contributed by atoms with Gasteiger partial charge in [0.2, 0.25) is 5.91 Å². The Labute approximate surface area is 123 Å². The fraction of sp³-hybridized carbons (Fsp3) is 0.154. The van der Waals surface area contributed by atoms with Crippen LogP contribution in [0.3, 0.4) is 0 Å². The minimum atomic E-state index is -0.0698. The van der Waals surface area contributed by atoms with Crippen LogP contribution >= 0.6 is 34.7 Å². The number of aromatic hydroxyl groups is 1. The fourth-order valence-electron chi connectivity index (χ4n) is 2.03. The molecule has 1 atom stereocenters. The maximum atomic E-state index is 12.1. The first kappa shape index (κ1) is 12.8. The first-order valence-corrected chi connectivity index (χ1v) is 7.93. The van der Waals surface area contributed by atoms with Crippen molar-refractivity contribution in [1.82, 2.24) is 0 Å². The topological polar surface area (TPSA) is 40.5 Å². The summed E-state index contributed by atoms with van der Waals surface area (Å²) < 4.78 is 0. The van der Waals surface area contributed by atoms with E-state index in [2.05, 4.69) is 0 Å². The summed E-state index contributed by atoms with van der Waals surface area (Å²) in [6, 6.07) is 8.78. The van der Waals surface area contributed by atoms with Crippen LogP contribution in [0.25, 0.3) is 0 Å². The van der Waals surface area contributed by atoms with Crippen LogP contribution in [0.15, 0.2) is 35.7 Å². The number of anilines is 1. The van der Waals surface area contributed by atoms with Crippen LogP contribution in [0, 0.1) is 0 Å². The Morgan fingerprint density at radius 2 is 2.21 bits per heavy atom. The number of benzene rings is 1. The minimum Gasteiger partial charge on any atom is -0.506 e. The molecule has 1 saturated heterocycles. The van der Waals surface area contributed by atoms with E-state index in [1.807, 2.05) is 17.5 Å². The molecule has 2 aromatic rings. The molecule has 0 saturated carbocycles. The lowest BCUT2D eigenvalue weighted by Crippen LogP contribution is -2.27. The zero-order chi connectivity index (χ0) is 13.4. The lowest BCUT2D eigenvalue weighted by molar-refractivity contribution is -0.115. The lowest BCUT2D eigenvalue weighted by Gasteiger charge is -2.23. The second-order valence-corrected chi connectivity index (χ2v) is 6.56. The van der Waals surface area contributed by atoms with Gasteiger partial charge in [0.15, 0.2) is 0 Å². The monoisotopic (exact) mass is 311 g/mol. The van der Waals surface area contributed by atoms with E-state index in [1.165, 1.54) is 6.07 Å². The van der Waals surface area contributed by atoms with Gasteiger partial charge in [-0.1, -0.05) is 17.7 Å². The quantitative estimate of drug-likeness (QED) is 0.915. The SMILES string of the molecule is O=C1CSC(c2cccs2)N1c1ccc(Cl)cc1O. The zero-order valence-corrected chi connectivity index (χ0v) is 12.1. The van der Waals surface area contributed by atoms with Crippen molar-refractivity contribution in [2.45, 2.75) is 5.37 Å². The van der Waals surface area contributed by atoms with Crippen molar-refractivity contribution in [2.24, 2.45) is 0 Å². The van der Waals surface area contributed by atoms with Gasteiger partial charge < -0.3 is 5.11 Å². The highest BCUT2D eigenvalue weighted by Gasteiger charge is 2.35. The van der Waals surface area contributed by atoms with E-state index in [4.69, 9.17) is 11.6 Å². The van der Waals surface area contributed by atoms with E-state index >= 15 is 0 Å². The van der Waals surface area contributed by atoms with Crippen molar-refractivity contribution < 1.29 is 9.90 Å². The molecule has 1 N–H and O–H groups in total. The Kier molecular flexibility index (Phi) is 3.43. The number of thiophene rings is 1. The van der Waals surface area contributed by atoms with E-state index in [-0.39, 0.29) is 17.0 Å². The van der Waals surface area contributed by atoms with Gasteiger partial charge in [-0.15, -0.1) is 23.1 Å². The third kappa shape index (κ3) is 2.33. The van der Waals surface area contributed by atoms with Crippen molar-refractivity contribution in [3.8, 4) is 5.75 Å². The highest BCUT2D eigenvalue weighted by atomic mass is 35.5. The zero-order valence-electron chi connectivity index (χ0n) is 9.75. The second kappa shape index (κ2) is 5.07. The van der Waals surface area contributed by atoms with Crippen LogP contribution in [-0.4, -0.2) is 16.8 Å². The summed E-state index contributed by atoms with van der Waals surface area (Å²) in [5.74, 6) is 0.455. The Morgan fingerprint density at radius 3 is 2.89 bits per heavy atom. The number of amides is 1. The molecule has 0 spiro atoms. The van der Waals surface area contributed by atoms with E-state index in [0.717, 1.165) is 4.88 Å². The molecule has 0 bridgehead atoms. The number of hydrogen-bond donors (Lipinski definition) is 1. The average Bonchev–Trinajstić information content (AvgIpc) is 2.99. The molecule has 1 aliphatic heterocycles. The number of thioether (sulfide) groups is 1. The standard InChI is InChI=1S/C13H10ClNO2S2/c14-8-3-4-9(10(16)6-8)15-12(17)7-19-13(15)11-2-1-5-18-11/h1-6,13,16H,7H2. The molecular formula is C13H10ClNO2S2. The van der Waals surface area contributed by atoms with Gasteiger partial charge in [-0.3, -0.25) is 9.69 Å². The molecular weight excluding hydrogens is 302 g/mol. The van der Waals surface area contributed by atoms with E-state index < -0.39 is 0 Å². The normalized spacial score (nSPS) is 19.1. The second-order valence-electron chi connectivity index (χ2n) is 4.08. The van der Waals surface area contributed by atoms with Gasteiger partial charge in [-0.05, 0) is 23.6 Å². The summed E-state index contributed by atoms with van der Waals surface area (Å²) in [7, 11) is 0. The largest absolute Gasteiger partial charge is 0.506 e. The first-order chi connectivity index (χ1) is 9.16. The fourth-order valence-corrected chi connectivity index (χ4v) is 4.32. The van der Waals surface area contributed by atoms with Crippen molar-refractivity contribution in [3.05, 3.63) is 45.6 Å². The molecule has 1 amide bonds. The van der Waals surface area contributed by atoms with Gasteiger partial charge >= 0.3 is 0 Å². The van der Waals surface area contributed by atoms with Gasteiger partial charge in [-0.2, -0.15) is 0 Å². The van der Waals surface area contributed by atoms with Crippen LogP contribution in [0.4, 0.5) is 5.69 Å². The summed E-state index contributed by atoms with van der Waals surface area (Å²) >= 11 is 9.00. The molecule has 6 heteroatoms. The molecule has 0 aliphatic carbocycles. The van der Waals surface area contributed by atoms with Gasteiger partial charge in [0.1, 0.15) is 11.1 Å². The van der Waals surface area contributed by atoms with Crippen LogP contribution in [-0.2, 0) is 4.79 Å². The first-order valence-electron chi connectivity index (χ1n) is 5.62. The molecule has 98 valence electrons. The molecule has 0 radical (unpaired) electrons. The molecule has 3 nitrogen and oxygen atoms in total. The molecule has 2 heterocycles. The molecule has 1 unspecified atom stereocenters. The Morgan fingerprint density at radius 1 is 1.37 bits per heavy atom. The summed E-state index contributed by atoms with van der Waals surface area (Å²) in [5, 5.41) is 12.4. The number of halogens is 1. The number of hydrogen-bond acceptors (Lipinski definition) is 4. The van der Waals surface area contributed by atoms with Crippen molar-refractivity contribution in [2.75, 3.05) is 10.7 Å². The highest BCUT2D eigenvalue weighted by Crippen LogP contribution is 2.46. The highest BCUT2D eigenvalue weighted by molar-refractivity contribution is 8.01. The molecule has 1 aliphatic rings. The Hall–Kier alpha value is -1.17. The Bertz CT molecular complexity index is 615. The van der Waals surface area contributed by atoms with Gasteiger partial charge in [0.25, 0.3) is 0 Å². The van der Waals surface area contributed by atoms with E-state index in [0.29, 0.717) is 16.5 Å². The third-order valence-corrected chi connectivity index (χ3v) is 5.35. The predicted octanol–water partition coefficient (Wildman–Crippen LogP) is 3.89. The van der Waals surface area contributed by atoms with Gasteiger partial charge in [-0.25, -0.2) is 0 Å². The van der Waals surface area contributed by atoms with Crippen molar-refractivity contribution in [1.29, 1.82) is 0 Å². The molecule has 3 rings (SSSR count). The number of carbonyl (C=O) groups is 1. The minimum absolute atomic E-state index is 0.000947. The molecule has 1 aromatic carbocycles. The van der Waals surface area contributed by atoms with Crippen LogP contribution in [0.2, 0.25) is 5.02 Å². The van der Waals surface area contributed by atoms with E-state index in [1.54, 1.807) is 40.1 Å². The van der Waals surface area contributed by atoms with Gasteiger partial charge in [0, 0.05) is 16.0 Å². The van der Waals surface area contributed by atoms with Crippen molar-refractivity contribution in [3.63, 3.8) is 0 Å². The number of nitrogens with zero attached hydrogens (tertiary/aromatic N) is 1. The lowest BCUT2D eigenvalue weighted by atomic mass is 10.2. The maximum absolute atomic E-state index is 12.1. The number of phenolic OH excluding ortho intramolecular Hbond substituents is 1. The van der Waals surface area contributed by atoms with E-state index in [9.17, 15) is 9.90 Å². The average molecular weight is 312 g/mol. The summed E-state index contributed by atoms with van der Waals surface area (Å²) in [5.41, 5.74) is 0.512. The number of phenols is 1. The number of rotatable bonds is 2. The summed E-state index contributed by atoms with van der Waals surface area (Å²) in [6.45, 7) is 0. The van der Waals surface area contributed by atoms with Crippen LogP contribution in [0.1, 0.15) is 10.3 Å². The van der Waals surface area contributed by atoms with Gasteiger partial charge in [0.05, 0.1) is 11.4 Å². The van der Waals surface area contributed by atoms with Crippen molar-refractivity contribution >= 4 is 46.3 Å². The Balaban J connectivity index is 2.03. The molecule has 1 aromatic heterocycles. The van der Waals surface area contributed by atoms with Crippen LogP contribution < -0.4 is 4.90 Å². The van der Waals surface area contributed by atoms with Crippen LogP contribution in [0.5, 0.6) is 5.75 Å². The molecule has 1 fully saturated rings. The summed E-state index contributed by atoms with van der Waals surface area (Å²) in [4.78, 5) is 14.8. The molecule has 19 heavy (non-hydrogen) atoms. The predicted molar refractivity (Wildman–Crippen MR) is 80.1 cm³/mol. The summed E-state index contributed by atoms with van der Waals surface area (Å²) in [6.07, 6.45) is 0.